The monoisotopic (exact) mass is 464 g/mol. The van der Waals surface area contributed by atoms with E-state index in [1.54, 1.807) is 22.3 Å². The summed E-state index contributed by atoms with van der Waals surface area (Å²) in [7, 11) is -1.48. The van der Waals surface area contributed by atoms with Crippen molar-refractivity contribution in [1.29, 1.82) is 0 Å². The van der Waals surface area contributed by atoms with Gasteiger partial charge in [0.15, 0.2) is 0 Å². The summed E-state index contributed by atoms with van der Waals surface area (Å²) >= 11 is 0. The molecule has 33 heavy (non-hydrogen) atoms. The van der Waals surface area contributed by atoms with Crippen LogP contribution in [0.15, 0.2) is 46.6 Å². The molecule has 0 heterocycles. The number of hydrogen-bond donors (Lipinski definition) is 0. The first kappa shape index (κ1) is 25.3. The van der Waals surface area contributed by atoms with Crippen molar-refractivity contribution >= 4 is 8.07 Å². The van der Waals surface area contributed by atoms with Crippen molar-refractivity contribution in [2.75, 3.05) is 0 Å². The summed E-state index contributed by atoms with van der Waals surface area (Å²) in [5, 5.41) is 0. The molecule has 0 bridgehead atoms. The molecule has 2 saturated carbocycles. The van der Waals surface area contributed by atoms with E-state index in [2.05, 4.69) is 37.4 Å². The molecule has 2 fully saturated rings. The van der Waals surface area contributed by atoms with E-state index in [1.165, 1.54) is 128 Å². The van der Waals surface area contributed by atoms with Crippen LogP contribution in [0, 0.1) is 0 Å². The van der Waals surface area contributed by atoms with Gasteiger partial charge in [0.1, 0.15) is 0 Å². The van der Waals surface area contributed by atoms with Crippen LogP contribution >= 0.6 is 0 Å². The van der Waals surface area contributed by atoms with Gasteiger partial charge in [-0.1, -0.05) is 114 Å². The van der Waals surface area contributed by atoms with Crippen molar-refractivity contribution in [3.63, 3.8) is 0 Å². The Labute approximate surface area is 207 Å². The molecule has 0 N–H and O–H groups in total. The van der Waals surface area contributed by atoms with Crippen molar-refractivity contribution < 1.29 is 0 Å². The van der Waals surface area contributed by atoms with Crippen LogP contribution in [-0.2, 0) is 0 Å². The lowest BCUT2D eigenvalue weighted by atomic mass is 9.95. The number of rotatable bonds is 2. The Bertz CT molecular complexity index is 628. The Morgan fingerprint density at radius 1 is 0.394 bits per heavy atom. The Hall–Kier alpha value is -0.823. The van der Waals surface area contributed by atoms with E-state index in [4.69, 9.17) is 0 Å². The van der Waals surface area contributed by atoms with Gasteiger partial charge in [-0.2, -0.15) is 0 Å². The van der Waals surface area contributed by atoms with E-state index >= 15 is 0 Å². The zero-order valence-electron chi connectivity index (χ0n) is 22.1. The number of allylic oxidation sites excluding steroid dienone is 8. The van der Waals surface area contributed by atoms with Gasteiger partial charge in [0.05, 0.1) is 8.07 Å². The van der Waals surface area contributed by atoms with Crippen molar-refractivity contribution in [1.82, 2.24) is 0 Å². The van der Waals surface area contributed by atoms with Gasteiger partial charge in [0, 0.05) is 0 Å². The second-order valence-corrected chi connectivity index (χ2v) is 17.3. The first-order valence-electron chi connectivity index (χ1n) is 15.0. The second-order valence-electron chi connectivity index (χ2n) is 12.3. The average molecular weight is 465 g/mol. The summed E-state index contributed by atoms with van der Waals surface area (Å²) in [6, 6.07) is 0. The highest BCUT2D eigenvalue weighted by atomic mass is 28.3. The van der Waals surface area contributed by atoms with E-state index in [0.29, 0.717) is 0 Å². The number of hydrogen-bond acceptors (Lipinski definition) is 0. The van der Waals surface area contributed by atoms with E-state index in [0.717, 1.165) is 11.1 Å². The van der Waals surface area contributed by atoms with Gasteiger partial charge in [0.25, 0.3) is 0 Å². The first-order chi connectivity index (χ1) is 16.1. The summed E-state index contributed by atoms with van der Waals surface area (Å²) in [6.45, 7) is 5.40. The summed E-state index contributed by atoms with van der Waals surface area (Å²) in [5.41, 5.74) is 8.51. The average Bonchev–Trinajstić information content (AvgIpc) is 3.39. The fraction of sp³-hybridized carbons (Fsp3) is 0.750. The van der Waals surface area contributed by atoms with Gasteiger partial charge in [-0.15, -0.1) is 0 Å². The molecule has 4 aliphatic carbocycles. The molecule has 0 radical (unpaired) electrons. The minimum absolute atomic E-state index is 0.743. The Kier molecular flexibility index (Phi) is 9.77. The molecule has 184 valence electrons. The van der Waals surface area contributed by atoms with Crippen molar-refractivity contribution in [2.45, 2.75) is 153 Å². The van der Waals surface area contributed by atoms with E-state index in [9.17, 15) is 0 Å². The van der Waals surface area contributed by atoms with Crippen molar-refractivity contribution in [3.05, 3.63) is 46.6 Å². The Morgan fingerprint density at radius 3 is 0.848 bits per heavy atom. The van der Waals surface area contributed by atoms with Crippen molar-refractivity contribution in [2.24, 2.45) is 0 Å². The zero-order chi connectivity index (χ0) is 22.9. The quantitative estimate of drug-likeness (QED) is 0.356. The van der Waals surface area contributed by atoms with Crippen LogP contribution in [0.5, 0.6) is 0 Å². The normalized spacial score (nSPS) is 25.8. The second kappa shape index (κ2) is 12.8. The molecule has 0 aromatic rings. The van der Waals surface area contributed by atoms with Gasteiger partial charge in [-0.3, -0.25) is 0 Å². The SMILES string of the molecule is C[Si](C)(C1C=C2CCCCCCCCCCC2=C1)C1C=C2CCCCCCCCCCC2=C1. The fourth-order valence-corrected chi connectivity index (χ4v) is 9.80. The molecular weight excluding hydrogens is 412 g/mol. The van der Waals surface area contributed by atoms with Gasteiger partial charge >= 0.3 is 0 Å². The van der Waals surface area contributed by atoms with Gasteiger partial charge in [-0.05, 0) is 84.7 Å². The first-order valence-corrected chi connectivity index (χ1v) is 18.1. The van der Waals surface area contributed by atoms with Crippen LogP contribution in [0.3, 0.4) is 0 Å². The summed E-state index contributed by atoms with van der Waals surface area (Å²) in [5.74, 6) is 0. The van der Waals surface area contributed by atoms with E-state index < -0.39 is 8.07 Å². The molecule has 0 saturated heterocycles. The highest BCUT2D eigenvalue weighted by Gasteiger charge is 2.39. The Balaban J connectivity index is 1.48. The standard InChI is InChI=1S/C32H52Si/c1-33(2,31-23-27-19-15-11-7-3-4-8-12-16-20-28(27)24-31)32-25-29-21-17-13-9-5-6-10-14-18-22-30(29)26-32/h23-26,31-32H,3-22H2,1-2H3. The number of fused-ring (bicyclic) bond motifs is 2. The van der Waals surface area contributed by atoms with Crippen molar-refractivity contribution in [3.8, 4) is 0 Å². The van der Waals surface area contributed by atoms with Gasteiger partial charge in [0.2, 0.25) is 0 Å². The van der Waals surface area contributed by atoms with E-state index in [1.807, 2.05) is 0 Å². The maximum Gasteiger partial charge on any atom is 0.0699 e. The smallest absolute Gasteiger partial charge is 0.0699 e. The van der Waals surface area contributed by atoms with Crippen LogP contribution in [-0.4, -0.2) is 8.07 Å². The third-order valence-corrected chi connectivity index (χ3v) is 13.5. The predicted octanol–water partition coefficient (Wildman–Crippen LogP) is 11.0. The molecular formula is C32H52Si. The molecule has 0 aromatic carbocycles. The third-order valence-electron chi connectivity index (χ3n) is 9.35. The molecule has 0 spiro atoms. The molecule has 1 heteroatoms. The molecule has 0 aliphatic heterocycles. The molecule has 0 unspecified atom stereocenters. The largest absolute Gasteiger partial charge is 0.0768 e. The van der Waals surface area contributed by atoms with E-state index in [-0.39, 0.29) is 0 Å². The molecule has 0 nitrogen and oxygen atoms in total. The van der Waals surface area contributed by atoms with Crippen LogP contribution in [0.1, 0.15) is 128 Å². The fourth-order valence-electron chi connectivity index (χ4n) is 6.83. The molecule has 0 atom stereocenters. The topological polar surface area (TPSA) is 0 Å². The van der Waals surface area contributed by atoms with Gasteiger partial charge < -0.3 is 0 Å². The summed E-state index contributed by atoms with van der Waals surface area (Å²) < 4.78 is 0. The molecule has 4 rings (SSSR count). The lowest BCUT2D eigenvalue weighted by molar-refractivity contribution is 0.559. The lowest BCUT2D eigenvalue weighted by Crippen LogP contribution is -2.34. The molecule has 4 aliphatic rings. The Morgan fingerprint density at radius 2 is 0.606 bits per heavy atom. The minimum Gasteiger partial charge on any atom is -0.0768 e. The van der Waals surface area contributed by atoms with Crippen LogP contribution in [0.25, 0.3) is 0 Å². The molecule has 0 amide bonds. The van der Waals surface area contributed by atoms with Crippen LogP contribution < -0.4 is 0 Å². The highest BCUT2D eigenvalue weighted by Crippen LogP contribution is 2.48. The summed E-state index contributed by atoms with van der Waals surface area (Å²) in [4.78, 5) is 0. The third kappa shape index (κ3) is 7.09. The lowest BCUT2D eigenvalue weighted by Gasteiger charge is -2.32. The zero-order valence-corrected chi connectivity index (χ0v) is 23.1. The molecule has 0 aromatic heterocycles. The maximum atomic E-state index is 2.77. The summed E-state index contributed by atoms with van der Waals surface area (Å²) in [6.07, 6.45) is 39.6. The van der Waals surface area contributed by atoms with Gasteiger partial charge in [-0.25, -0.2) is 0 Å². The maximum absolute atomic E-state index is 2.77. The van der Waals surface area contributed by atoms with Crippen LogP contribution in [0.4, 0.5) is 0 Å². The highest BCUT2D eigenvalue weighted by molar-refractivity contribution is 6.82. The van der Waals surface area contributed by atoms with Crippen LogP contribution in [0.2, 0.25) is 24.2 Å². The minimum atomic E-state index is -1.48. The predicted molar refractivity (Wildman–Crippen MR) is 150 cm³/mol.